The van der Waals surface area contributed by atoms with Gasteiger partial charge in [0.1, 0.15) is 11.4 Å². The van der Waals surface area contributed by atoms with E-state index in [0.29, 0.717) is 16.1 Å². The van der Waals surface area contributed by atoms with Crippen molar-refractivity contribution in [3.8, 4) is 0 Å². The summed E-state index contributed by atoms with van der Waals surface area (Å²) in [7, 11) is 0. The Hall–Kier alpha value is -2.74. The number of carboxylic acids is 1. The molecule has 0 spiro atoms. The third-order valence-electron chi connectivity index (χ3n) is 2.46. The molecule has 0 aliphatic rings. The number of carbonyl (C=O) groups excluding carboxylic acids is 2. The number of nitrogens with zero attached hydrogens (tertiary/aromatic N) is 1. The molecule has 0 fully saturated rings. The molecule has 0 saturated carbocycles. The van der Waals surface area contributed by atoms with E-state index in [9.17, 15) is 14.4 Å². The maximum Gasteiger partial charge on any atom is 0.322 e. The number of nitrogens with one attached hydrogen (secondary N) is 2. The molecule has 1 aromatic heterocycles. The van der Waals surface area contributed by atoms with E-state index in [-0.39, 0.29) is 5.91 Å². The summed E-state index contributed by atoms with van der Waals surface area (Å²) in [4.78, 5) is 38.0. The summed E-state index contributed by atoms with van der Waals surface area (Å²) in [5.41, 5.74) is 2.40. The number of benzene rings is 1. The van der Waals surface area contributed by atoms with Crippen LogP contribution < -0.4 is 10.6 Å². The minimum Gasteiger partial charge on any atom is -0.480 e. The quantitative estimate of drug-likeness (QED) is 0.769. The van der Waals surface area contributed by atoms with Crippen LogP contribution in [0.1, 0.15) is 20.0 Å². The third-order valence-corrected chi connectivity index (χ3v) is 3.23. The highest BCUT2D eigenvalue weighted by Gasteiger charge is 2.09. The van der Waals surface area contributed by atoms with Gasteiger partial charge in [-0.25, -0.2) is 0 Å². The normalized spacial score (nSPS) is 9.90. The molecule has 0 radical (unpaired) electrons. The van der Waals surface area contributed by atoms with Gasteiger partial charge in [-0.3, -0.25) is 19.4 Å². The minimum absolute atomic E-state index is 0.277. The summed E-state index contributed by atoms with van der Waals surface area (Å²) in [6.45, 7) is -0.442. The van der Waals surface area contributed by atoms with Crippen LogP contribution in [-0.2, 0) is 4.79 Å². The summed E-state index contributed by atoms with van der Waals surface area (Å²) in [6, 6.07) is 6.13. The number of aromatic nitrogens is 1. The molecule has 3 N–H and O–H groups in total. The lowest BCUT2D eigenvalue weighted by molar-refractivity contribution is -0.135. The highest BCUT2D eigenvalue weighted by Crippen LogP contribution is 2.13. The average molecular weight is 305 g/mol. The molecule has 1 heterocycles. The van der Waals surface area contributed by atoms with Crippen LogP contribution in [0.3, 0.4) is 0 Å². The van der Waals surface area contributed by atoms with E-state index in [1.54, 1.807) is 17.6 Å². The predicted molar refractivity (Wildman–Crippen MR) is 76.5 cm³/mol. The van der Waals surface area contributed by atoms with Gasteiger partial charge in [-0.2, -0.15) is 0 Å². The number of carboxylic acid groups (broad SMARTS) is 1. The van der Waals surface area contributed by atoms with Crippen LogP contribution in [0.4, 0.5) is 5.69 Å². The highest BCUT2D eigenvalue weighted by molar-refractivity contribution is 7.11. The fourth-order valence-electron chi connectivity index (χ4n) is 1.48. The minimum atomic E-state index is -1.11. The van der Waals surface area contributed by atoms with Crippen molar-refractivity contribution in [1.29, 1.82) is 0 Å². The van der Waals surface area contributed by atoms with E-state index in [4.69, 9.17) is 5.11 Å². The Balaban J connectivity index is 1.97. The largest absolute Gasteiger partial charge is 0.480 e. The smallest absolute Gasteiger partial charge is 0.322 e. The van der Waals surface area contributed by atoms with Crippen LogP contribution in [0.2, 0.25) is 0 Å². The molecule has 21 heavy (non-hydrogen) atoms. The summed E-state index contributed by atoms with van der Waals surface area (Å²) in [6.07, 6.45) is 1.47. The van der Waals surface area contributed by atoms with Crippen molar-refractivity contribution in [1.82, 2.24) is 10.3 Å². The first-order valence-electron chi connectivity index (χ1n) is 5.86. The third kappa shape index (κ3) is 4.11. The van der Waals surface area contributed by atoms with E-state index in [1.165, 1.54) is 29.7 Å². The number of anilines is 1. The van der Waals surface area contributed by atoms with E-state index < -0.39 is 18.4 Å². The lowest BCUT2D eigenvalue weighted by Gasteiger charge is -2.05. The topological polar surface area (TPSA) is 108 Å². The molecule has 2 amide bonds. The Labute approximate surface area is 123 Å². The molecule has 2 rings (SSSR count). The first-order chi connectivity index (χ1) is 10.1. The molecule has 108 valence electrons. The predicted octanol–water partition coefficient (Wildman–Crippen LogP) is 1.21. The molecule has 7 nitrogen and oxygen atoms in total. The zero-order valence-electron chi connectivity index (χ0n) is 10.7. The van der Waals surface area contributed by atoms with Gasteiger partial charge >= 0.3 is 5.97 Å². The van der Waals surface area contributed by atoms with Gasteiger partial charge in [0, 0.05) is 11.3 Å². The van der Waals surface area contributed by atoms with Gasteiger partial charge in [-0.1, -0.05) is 0 Å². The second kappa shape index (κ2) is 6.62. The van der Waals surface area contributed by atoms with Crippen molar-refractivity contribution < 1.29 is 19.5 Å². The molecule has 0 saturated heterocycles. The molecule has 0 unspecified atom stereocenters. The van der Waals surface area contributed by atoms with Crippen molar-refractivity contribution in [3.63, 3.8) is 0 Å². The Morgan fingerprint density at radius 3 is 2.43 bits per heavy atom. The van der Waals surface area contributed by atoms with Gasteiger partial charge in [0.2, 0.25) is 0 Å². The zero-order valence-corrected chi connectivity index (χ0v) is 11.5. The molecular weight excluding hydrogens is 294 g/mol. The number of aliphatic carboxylic acids is 1. The fraction of sp³-hybridized carbons (Fsp3) is 0.0769. The maximum absolute atomic E-state index is 11.8. The van der Waals surface area contributed by atoms with Crippen molar-refractivity contribution in [2.45, 2.75) is 0 Å². The van der Waals surface area contributed by atoms with Crippen LogP contribution in [0.15, 0.2) is 36.0 Å². The Morgan fingerprint density at radius 1 is 1.14 bits per heavy atom. The standard InChI is InChI=1S/C13H11N3O4S/c17-11(18)6-15-12(19)8-1-3-9(4-2-8)16-13(20)10-5-14-7-21-10/h1-5,7H,6H2,(H,15,19)(H,16,20)(H,17,18). The molecular formula is C13H11N3O4S. The van der Waals surface area contributed by atoms with E-state index >= 15 is 0 Å². The summed E-state index contributed by atoms with van der Waals surface area (Å²) >= 11 is 1.22. The molecule has 2 aromatic rings. The van der Waals surface area contributed by atoms with Crippen molar-refractivity contribution in [3.05, 3.63) is 46.4 Å². The maximum atomic E-state index is 11.8. The second-order valence-corrected chi connectivity index (χ2v) is 4.86. The molecule has 0 aliphatic carbocycles. The van der Waals surface area contributed by atoms with Crippen molar-refractivity contribution in [2.24, 2.45) is 0 Å². The van der Waals surface area contributed by atoms with Crippen molar-refractivity contribution >= 4 is 34.8 Å². The Kier molecular flexibility index (Phi) is 4.62. The number of rotatable bonds is 5. The van der Waals surface area contributed by atoms with Gasteiger partial charge in [0.05, 0.1) is 11.7 Å². The molecule has 8 heteroatoms. The van der Waals surface area contributed by atoms with Crippen LogP contribution >= 0.6 is 11.3 Å². The number of amides is 2. The number of hydrogen-bond acceptors (Lipinski definition) is 5. The lowest BCUT2D eigenvalue weighted by Crippen LogP contribution is -2.29. The van der Waals surface area contributed by atoms with Crippen molar-refractivity contribution in [2.75, 3.05) is 11.9 Å². The first-order valence-corrected chi connectivity index (χ1v) is 6.74. The van der Waals surface area contributed by atoms with Crippen LogP contribution in [0.5, 0.6) is 0 Å². The fourth-order valence-corrected chi connectivity index (χ4v) is 2.00. The number of thiazole rings is 1. The zero-order chi connectivity index (χ0) is 15.2. The van der Waals surface area contributed by atoms with Gasteiger partial charge in [0.25, 0.3) is 11.8 Å². The molecule has 0 atom stereocenters. The van der Waals surface area contributed by atoms with Gasteiger partial charge < -0.3 is 15.7 Å². The molecule has 0 bridgehead atoms. The summed E-state index contributed by atoms with van der Waals surface area (Å²) in [5, 5.41) is 13.4. The summed E-state index contributed by atoms with van der Waals surface area (Å²) < 4.78 is 0. The first kappa shape index (κ1) is 14.7. The highest BCUT2D eigenvalue weighted by atomic mass is 32.1. The lowest BCUT2D eigenvalue weighted by atomic mass is 10.2. The van der Waals surface area contributed by atoms with Crippen LogP contribution in [0.25, 0.3) is 0 Å². The monoisotopic (exact) mass is 305 g/mol. The van der Waals surface area contributed by atoms with E-state index in [1.807, 2.05) is 0 Å². The van der Waals surface area contributed by atoms with E-state index in [0.717, 1.165) is 0 Å². The Morgan fingerprint density at radius 2 is 1.86 bits per heavy atom. The van der Waals surface area contributed by atoms with E-state index in [2.05, 4.69) is 15.6 Å². The number of carbonyl (C=O) groups is 3. The Bertz CT molecular complexity index is 653. The van der Waals surface area contributed by atoms with Gasteiger partial charge in [-0.15, -0.1) is 11.3 Å². The van der Waals surface area contributed by atoms with Crippen LogP contribution in [-0.4, -0.2) is 34.4 Å². The number of hydrogen-bond donors (Lipinski definition) is 3. The molecule has 1 aromatic carbocycles. The van der Waals surface area contributed by atoms with Gasteiger partial charge in [0.15, 0.2) is 0 Å². The average Bonchev–Trinajstić information content (AvgIpc) is 3.00. The summed E-state index contributed by atoms with van der Waals surface area (Å²) in [5.74, 6) is -1.88. The SMILES string of the molecule is O=C(O)CNC(=O)c1ccc(NC(=O)c2cncs2)cc1. The van der Waals surface area contributed by atoms with Gasteiger partial charge in [-0.05, 0) is 24.3 Å². The second-order valence-electron chi connectivity index (χ2n) is 3.97. The van der Waals surface area contributed by atoms with Crippen LogP contribution in [0, 0.1) is 0 Å². The molecule has 0 aliphatic heterocycles.